The second-order valence-corrected chi connectivity index (χ2v) is 8.65. The van der Waals surface area contributed by atoms with Crippen LogP contribution in [0.1, 0.15) is 51.2 Å². The molecule has 6 heteroatoms. The number of rotatable bonds is 2. The molecular formula is C25H26N2O4. The maximum absolute atomic E-state index is 13.2. The van der Waals surface area contributed by atoms with Crippen LogP contribution in [0, 0.1) is 13.8 Å². The molecule has 31 heavy (non-hydrogen) atoms. The number of nitrogens with zero attached hydrogens (tertiary/aromatic N) is 1. The molecule has 0 bridgehead atoms. The minimum atomic E-state index is -0.550. The molecule has 2 aliphatic rings. The monoisotopic (exact) mass is 418 g/mol. The molecule has 1 N–H and O–H groups in total. The Bertz CT molecular complexity index is 1200. The highest BCUT2D eigenvalue weighted by atomic mass is 16.5. The number of amides is 1. The zero-order chi connectivity index (χ0) is 21.8. The number of fused-ring (bicyclic) bond motifs is 2. The number of Topliss-reactive ketones (excluding diaryl/α,β-unsaturated/α-hetero) is 1. The molecule has 0 atom stereocenters. The topological polar surface area (TPSA) is 71.6 Å². The van der Waals surface area contributed by atoms with Crippen LogP contribution in [-0.2, 0) is 0 Å². The molecule has 0 radical (unpaired) electrons. The molecule has 5 rings (SSSR count). The van der Waals surface area contributed by atoms with Crippen molar-refractivity contribution >= 4 is 22.6 Å². The van der Waals surface area contributed by atoms with Crippen LogP contribution >= 0.6 is 0 Å². The predicted molar refractivity (Wildman–Crippen MR) is 118 cm³/mol. The quantitative estimate of drug-likeness (QED) is 0.668. The van der Waals surface area contributed by atoms with Gasteiger partial charge in [-0.15, -0.1) is 0 Å². The third-order valence-corrected chi connectivity index (χ3v) is 6.81. The number of likely N-dealkylation sites (tertiary alicyclic amines) is 1. The zero-order valence-corrected chi connectivity index (χ0v) is 18.1. The van der Waals surface area contributed by atoms with Crippen LogP contribution < -0.4 is 9.47 Å². The van der Waals surface area contributed by atoms with E-state index < -0.39 is 5.60 Å². The Morgan fingerprint density at radius 2 is 1.94 bits per heavy atom. The Kier molecular flexibility index (Phi) is 4.54. The van der Waals surface area contributed by atoms with Gasteiger partial charge in [0, 0.05) is 48.1 Å². The van der Waals surface area contributed by atoms with Gasteiger partial charge in [0.25, 0.3) is 5.91 Å². The fourth-order valence-corrected chi connectivity index (χ4v) is 4.86. The van der Waals surface area contributed by atoms with Crippen LogP contribution in [0.3, 0.4) is 0 Å². The molecule has 0 aliphatic carbocycles. The van der Waals surface area contributed by atoms with E-state index in [1.54, 1.807) is 13.2 Å². The molecule has 1 amide bonds. The summed E-state index contributed by atoms with van der Waals surface area (Å²) < 4.78 is 11.7. The van der Waals surface area contributed by atoms with E-state index in [0.717, 1.165) is 16.6 Å². The second-order valence-electron chi connectivity index (χ2n) is 8.65. The summed E-state index contributed by atoms with van der Waals surface area (Å²) in [6, 6.07) is 11.3. The Morgan fingerprint density at radius 3 is 2.68 bits per heavy atom. The minimum Gasteiger partial charge on any atom is -0.496 e. The number of benzene rings is 2. The van der Waals surface area contributed by atoms with Crippen molar-refractivity contribution in [1.29, 1.82) is 0 Å². The maximum atomic E-state index is 13.2. The van der Waals surface area contributed by atoms with Gasteiger partial charge in [-0.25, -0.2) is 0 Å². The highest BCUT2D eigenvalue weighted by molar-refractivity contribution is 6.03. The van der Waals surface area contributed by atoms with E-state index in [2.05, 4.69) is 11.9 Å². The standard InChI is InChI=1S/C25H26N2O4/c1-15-16(2)26-19-8-7-17(13-18(15)19)24(29)27-11-9-25(10-12-27)14-20(28)23-21(30-3)5-4-6-22(23)31-25/h4-8,13,26H,9-12,14H2,1-3H3. The van der Waals surface area contributed by atoms with Crippen molar-refractivity contribution in [3.63, 3.8) is 0 Å². The highest BCUT2D eigenvalue weighted by Crippen LogP contribution is 2.42. The van der Waals surface area contributed by atoms with Crippen LogP contribution in [-0.4, -0.2) is 47.4 Å². The molecule has 6 nitrogen and oxygen atoms in total. The summed E-state index contributed by atoms with van der Waals surface area (Å²) in [7, 11) is 1.56. The Morgan fingerprint density at radius 1 is 1.16 bits per heavy atom. The summed E-state index contributed by atoms with van der Waals surface area (Å²) in [5.41, 5.74) is 4.01. The Hall–Kier alpha value is -3.28. The molecule has 2 aliphatic heterocycles. The van der Waals surface area contributed by atoms with Crippen LogP contribution in [0.5, 0.6) is 11.5 Å². The van der Waals surface area contributed by atoms with E-state index in [1.807, 2.05) is 42.2 Å². The number of aromatic amines is 1. The number of piperidine rings is 1. The largest absolute Gasteiger partial charge is 0.496 e. The van der Waals surface area contributed by atoms with Crippen molar-refractivity contribution in [1.82, 2.24) is 9.88 Å². The summed E-state index contributed by atoms with van der Waals surface area (Å²) in [5, 5.41) is 1.09. The summed E-state index contributed by atoms with van der Waals surface area (Å²) in [6.07, 6.45) is 1.58. The molecule has 1 fully saturated rings. The predicted octanol–water partition coefficient (Wildman–Crippen LogP) is 4.43. The number of ketones is 1. The van der Waals surface area contributed by atoms with Gasteiger partial charge in [-0.05, 0) is 49.7 Å². The Balaban J connectivity index is 1.34. The van der Waals surface area contributed by atoms with Gasteiger partial charge in [-0.3, -0.25) is 9.59 Å². The van der Waals surface area contributed by atoms with Gasteiger partial charge >= 0.3 is 0 Å². The van der Waals surface area contributed by atoms with Crippen LogP contribution in [0.4, 0.5) is 0 Å². The van der Waals surface area contributed by atoms with E-state index in [1.165, 1.54) is 5.56 Å². The lowest BCUT2D eigenvalue weighted by atomic mass is 9.82. The van der Waals surface area contributed by atoms with Crippen molar-refractivity contribution in [2.75, 3.05) is 20.2 Å². The van der Waals surface area contributed by atoms with Gasteiger partial charge in [0.1, 0.15) is 22.7 Å². The van der Waals surface area contributed by atoms with Crippen LogP contribution in [0.25, 0.3) is 10.9 Å². The molecule has 160 valence electrons. The van der Waals surface area contributed by atoms with Crippen molar-refractivity contribution in [3.05, 3.63) is 58.8 Å². The van der Waals surface area contributed by atoms with Crippen LogP contribution in [0.15, 0.2) is 36.4 Å². The fourth-order valence-electron chi connectivity index (χ4n) is 4.86. The molecule has 1 spiro atoms. The first kappa shape index (κ1) is 19.7. The third-order valence-electron chi connectivity index (χ3n) is 6.81. The zero-order valence-electron chi connectivity index (χ0n) is 18.1. The number of hydrogen-bond donors (Lipinski definition) is 1. The molecule has 2 aromatic carbocycles. The molecule has 1 aromatic heterocycles. The third kappa shape index (κ3) is 3.17. The average Bonchev–Trinajstić information content (AvgIpc) is 3.06. The molecule has 0 saturated carbocycles. The van der Waals surface area contributed by atoms with Crippen molar-refractivity contribution in [2.45, 2.75) is 38.7 Å². The van der Waals surface area contributed by atoms with Gasteiger partial charge in [0.15, 0.2) is 5.78 Å². The number of ether oxygens (including phenoxy) is 2. The van der Waals surface area contributed by atoms with Gasteiger partial charge in [0.2, 0.25) is 0 Å². The van der Waals surface area contributed by atoms with E-state index in [4.69, 9.17) is 9.47 Å². The number of methoxy groups -OCH3 is 1. The second kappa shape index (κ2) is 7.15. The first-order valence-corrected chi connectivity index (χ1v) is 10.7. The van der Waals surface area contributed by atoms with Crippen molar-refractivity contribution < 1.29 is 19.1 Å². The van der Waals surface area contributed by atoms with Gasteiger partial charge < -0.3 is 19.4 Å². The number of carbonyl (C=O) groups is 2. The fraction of sp³-hybridized carbons (Fsp3) is 0.360. The summed E-state index contributed by atoms with van der Waals surface area (Å²) >= 11 is 0. The van der Waals surface area contributed by atoms with Gasteiger partial charge in [-0.1, -0.05) is 6.07 Å². The Labute approximate surface area is 181 Å². The maximum Gasteiger partial charge on any atom is 0.253 e. The first-order chi connectivity index (χ1) is 14.9. The van der Waals surface area contributed by atoms with Crippen molar-refractivity contribution in [2.24, 2.45) is 0 Å². The lowest BCUT2D eigenvalue weighted by Gasteiger charge is -2.44. The normalized spacial score (nSPS) is 17.5. The molecule has 3 heterocycles. The van der Waals surface area contributed by atoms with Crippen LogP contribution in [0.2, 0.25) is 0 Å². The number of hydrogen-bond acceptors (Lipinski definition) is 4. The molecule has 0 unspecified atom stereocenters. The SMILES string of the molecule is COc1cccc2c1C(=O)CC1(CCN(C(=O)c3ccc4[nH]c(C)c(C)c4c3)CC1)O2. The highest BCUT2D eigenvalue weighted by Gasteiger charge is 2.44. The number of nitrogens with one attached hydrogen (secondary N) is 1. The van der Waals surface area contributed by atoms with Gasteiger partial charge in [0.05, 0.1) is 13.5 Å². The number of aromatic nitrogens is 1. The minimum absolute atomic E-state index is 0.0270. The van der Waals surface area contributed by atoms with E-state index >= 15 is 0 Å². The number of carbonyl (C=O) groups excluding carboxylic acids is 2. The van der Waals surface area contributed by atoms with Gasteiger partial charge in [-0.2, -0.15) is 0 Å². The van der Waals surface area contributed by atoms with E-state index in [-0.39, 0.29) is 11.7 Å². The summed E-state index contributed by atoms with van der Waals surface area (Å²) in [5.74, 6) is 1.20. The molecular weight excluding hydrogens is 392 g/mol. The smallest absolute Gasteiger partial charge is 0.253 e. The lowest BCUT2D eigenvalue weighted by Crippen LogP contribution is -2.52. The molecule has 1 saturated heterocycles. The van der Waals surface area contributed by atoms with Crippen molar-refractivity contribution in [3.8, 4) is 11.5 Å². The summed E-state index contributed by atoms with van der Waals surface area (Å²) in [6.45, 7) is 5.24. The number of aryl methyl sites for hydroxylation is 2. The lowest BCUT2D eigenvalue weighted by molar-refractivity contribution is -0.00598. The molecule has 3 aromatic rings. The average molecular weight is 418 g/mol. The van der Waals surface area contributed by atoms with E-state index in [0.29, 0.717) is 55.0 Å². The summed E-state index contributed by atoms with van der Waals surface area (Å²) in [4.78, 5) is 31.3. The van der Waals surface area contributed by atoms with E-state index in [9.17, 15) is 9.59 Å². The first-order valence-electron chi connectivity index (χ1n) is 10.7. The number of H-pyrrole nitrogens is 1.